The Morgan fingerprint density at radius 1 is 1.23 bits per heavy atom. The van der Waals surface area contributed by atoms with Crippen LogP contribution in [0.3, 0.4) is 0 Å². The van der Waals surface area contributed by atoms with E-state index < -0.39 is 0 Å². The number of carbonyl (C=O) groups is 1. The molecule has 0 aromatic heterocycles. The molecule has 0 radical (unpaired) electrons. The number of rotatable bonds is 3. The van der Waals surface area contributed by atoms with Crippen molar-refractivity contribution < 1.29 is 14.6 Å². The maximum atomic E-state index is 12.9. The van der Waals surface area contributed by atoms with Gasteiger partial charge in [-0.05, 0) is 36.6 Å². The van der Waals surface area contributed by atoms with Crippen molar-refractivity contribution in [2.24, 2.45) is 5.41 Å². The van der Waals surface area contributed by atoms with Crippen LogP contribution in [-0.2, 0) is 24.3 Å². The van der Waals surface area contributed by atoms with Gasteiger partial charge in [-0.2, -0.15) is 0 Å². The van der Waals surface area contributed by atoms with Gasteiger partial charge >= 0.3 is 0 Å². The van der Waals surface area contributed by atoms with Crippen LogP contribution in [0.25, 0.3) is 0 Å². The average Bonchev–Trinajstić information content (AvgIpc) is 3.00. The summed E-state index contributed by atoms with van der Waals surface area (Å²) < 4.78 is 5.14. The molecule has 1 atom stereocenters. The van der Waals surface area contributed by atoms with Crippen LogP contribution in [0.2, 0.25) is 0 Å². The van der Waals surface area contributed by atoms with E-state index in [-0.39, 0.29) is 17.1 Å². The lowest BCUT2D eigenvalue weighted by atomic mass is 9.80. The Labute approximate surface area is 153 Å². The minimum Gasteiger partial charge on any atom is -0.507 e. The molecular formula is C21H24N2O3. The van der Waals surface area contributed by atoms with Crippen molar-refractivity contribution in [2.75, 3.05) is 20.2 Å². The summed E-state index contributed by atoms with van der Waals surface area (Å²) in [6, 6.07) is 13.7. The largest absolute Gasteiger partial charge is 0.507 e. The van der Waals surface area contributed by atoms with Crippen molar-refractivity contribution in [2.45, 2.75) is 25.9 Å². The second kappa shape index (κ2) is 6.65. The number of carbonyl (C=O) groups excluding carboxylic acids is 1. The molecule has 26 heavy (non-hydrogen) atoms. The van der Waals surface area contributed by atoms with Gasteiger partial charge in [0.25, 0.3) is 0 Å². The zero-order valence-electron chi connectivity index (χ0n) is 15.0. The van der Waals surface area contributed by atoms with Gasteiger partial charge in [0, 0.05) is 31.3 Å². The molecule has 2 aromatic carbocycles. The van der Waals surface area contributed by atoms with E-state index in [1.165, 1.54) is 11.1 Å². The van der Waals surface area contributed by atoms with Gasteiger partial charge < -0.3 is 15.2 Å². The highest BCUT2D eigenvalue weighted by molar-refractivity contribution is 5.84. The number of nitrogens with one attached hydrogen (secondary N) is 1. The SMILES string of the molecule is COc1ccc(CN2CCC3(Cc4ccccc4CNC3=O)C2)c(O)c1. The Bertz CT molecular complexity index is 836. The Balaban J connectivity index is 1.53. The van der Waals surface area contributed by atoms with Gasteiger partial charge in [-0.25, -0.2) is 0 Å². The lowest BCUT2D eigenvalue weighted by Crippen LogP contribution is -2.42. The number of likely N-dealkylation sites (tertiary alicyclic amines) is 1. The van der Waals surface area contributed by atoms with Gasteiger partial charge in [-0.1, -0.05) is 30.3 Å². The van der Waals surface area contributed by atoms with Gasteiger partial charge in [-0.3, -0.25) is 9.69 Å². The van der Waals surface area contributed by atoms with E-state index in [4.69, 9.17) is 4.74 Å². The Hall–Kier alpha value is -2.53. The maximum absolute atomic E-state index is 12.9. The second-order valence-electron chi connectivity index (χ2n) is 7.36. The molecule has 1 amide bonds. The molecular weight excluding hydrogens is 328 g/mol. The number of phenols is 1. The summed E-state index contributed by atoms with van der Waals surface area (Å²) >= 11 is 0. The van der Waals surface area contributed by atoms with Crippen LogP contribution >= 0.6 is 0 Å². The summed E-state index contributed by atoms with van der Waals surface area (Å²) in [4.78, 5) is 15.1. The summed E-state index contributed by atoms with van der Waals surface area (Å²) in [7, 11) is 1.58. The second-order valence-corrected chi connectivity index (χ2v) is 7.36. The summed E-state index contributed by atoms with van der Waals surface area (Å²) in [5.74, 6) is 1.03. The lowest BCUT2D eigenvalue weighted by Gasteiger charge is -2.26. The predicted molar refractivity (Wildman–Crippen MR) is 99.0 cm³/mol. The molecule has 0 aliphatic carbocycles. The first-order chi connectivity index (χ1) is 12.6. The third-order valence-electron chi connectivity index (χ3n) is 5.69. The minimum atomic E-state index is -0.380. The number of hydrogen-bond acceptors (Lipinski definition) is 4. The Morgan fingerprint density at radius 2 is 2.04 bits per heavy atom. The summed E-state index contributed by atoms with van der Waals surface area (Å²) in [6.07, 6.45) is 1.62. The molecule has 0 bridgehead atoms. The van der Waals surface area contributed by atoms with Crippen LogP contribution in [0.4, 0.5) is 0 Å². The molecule has 2 N–H and O–H groups in total. The number of phenolic OH excluding ortho intramolecular Hbond substituents is 1. The van der Waals surface area contributed by atoms with E-state index in [0.717, 1.165) is 24.9 Å². The van der Waals surface area contributed by atoms with Crippen molar-refractivity contribution in [1.82, 2.24) is 10.2 Å². The smallest absolute Gasteiger partial charge is 0.228 e. The highest BCUT2D eigenvalue weighted by Crippen LogP contribution is 2.38. The average molecular weight is 352 g/mol. The Kier molecular flexibility index (Phi) is 4.32. The highest BCUT2D eigenvalue weighted by Gasteiger charge is 2.45. The molecule has 136 valence electrons. The number of hydrogen-bond donors (Lipinski definition) is 2. The number of ether oxygens (including phenoxy) is 1. The number of amides is 1. The monoisotopic (exact) mass is 352 g/mol. The number of benzene rings is 2. The molecule has 1 saturated heterocycles. The lowest BCUT2D eigenvalue weighted by molar-refractivity contribution is -0.130. The third kappa shape index (κ3) is 3.03. The van der Waals surface area contributed by atoms with Gasteiger partial charge in [-0.15, -0.1) is 0 Å². The van der Waals surface area contributed by atoms with Crippen molar-refractivity contribution in [3.63, 3.8) is 0 Å². The molecule has 2 heterocycles. The van der Waals surface area contributed by atoms with E-state index in [1.807, 2.05) is 24.3 Å². The van der Waals surface area contributed by atoms with E-state index in [2.05, 4.69) is 22.3 Å². The fraction of sp³-hybridized carbons (Fsp3) is 0.381. The fourth-order valence-corrected chi connectivity index (χ4v) is 4.18. The highest BCUT2D eigenvalue weighted by atomic mass is 16.5. The zero-order valence-corrected chi connectivity index (χ0v) is 15.0. The van der Waals surface area contributed by atoms with Crippen LogP contribution in [0.15, 0.2) is 42.5 Å². The normalized spacial score (nSPS) is 22.7. The quantitative estimate of drug-likeness (QED) is 0.891. The molecule has 4 rings (SSSR count). The molecule has 2 aliphatic heterocycles. The number of methoxy groups -OCH3 is 1. The van der Waals surface area contributed by atoms with E-state index >= 15 is 0 Å². The number of nitrogens with zero attached hydrogens (tertiary/aromatic N) is 1. The molecule has 5 heteroatoms. The van der Waals surface area contributed by atoms with Gasteiger partial charge in [0.05, 0.1) is 12.5 Å². The number of fused-ring (bicyclic) bond motifs is 1. The molecule has 2 aliphatic rings. The minimum absolute atomic E-state index is 0.148. The third-order valence-corrected chi connectivity index (χ3v) is 5.69. The van der Waals surface area contributed by atoms with E-state index in [0.29, 0.717) is 25.4 Å². The first-order valence-corrected chi connectivity index (χ1v) is 9.03. The number of aromatic hydroxyl groups is 1. The predicted octanol–water partition coefficient (Wildman–Crippen LogP) is 2.47. The standard InChI is InChI=1S/C21H24N2O3/c1-26-18-7-6-17(19(24)10-18)13-23-9-8-21(14-23)11-15-4-2-3-5-16(15)12-22-20(21)25/h2-7,10,24H,8-9,11-14H2,1H3,(H,22,25). The van der Waals surface area contributed by atoms with Gasteiger partial charge in [0.15, 0.2) is 0 Å². The molecule has 2 aromatic rings. The van der Waals surface area contributed by atoms with Gasteiger partial charge in [0.1, 0.15) is 11.5 Å². The topological polar surface area (TPSA) is 61.8 Å². The molecule has 1 fully saturated rings. The fourth-order valence-electron chi connectivity index (χ4n) is 4.18. The molecule has 5 nitrogen and oxygen atoms in total. The van der Waals surface area contributed by atoms with Crippen molar-refractivity contribution in [1.29, 1.82) is 0 Å². The van der Waals surface area contributed by atoms with Crippen LogP contribution in [0, 0.1) is 5.41 Å². The summed E-state index contributed by atoms with van der Waals surface area (Å²) in [5, 5.41) is 13.3. The van der Waals surface area contributed by atoms with Crippen LogP contribution in [-0.4, -0.2) is 36.1 Å². The molecule has 1 unspecified atom stereocenters. The maximum Gasteiger partial charge on any atom is 0.228 e. The van der Waals surface area contributed by atoms with Crippen LogP contribution in [0.5, 0.6) is 11.5 Å². The van der Waals surface area contributed by atoms with Crippen molar-refractivity contribution in [3.8, 4) is 11.5 Å². The zero-order chi connectivity index (χ0) is 18.1. The van der Waals surface area contributed by atoms with Crippen LogP contribution in [0.1, 0.15) is 23.1 Å². The van der Waals surface area contributed by atoms with Crippen molar-refractivity contribution >= 4 is 5.91 Å². The summed E-state index contributed by atoms with van der Waals surface area (Å²) in [5.41, 5.74) is 2.95. The summed E-state index contributed by atoms with van der Waals surface area (Å²) in [6.45, 7) is 2.79. The van der Waals surface area contributed by atoms with Crippen LogP contribution < -0.4 is 10.1 Å². The van der Waals surface area contributed by atoms with E-state index in [9.17, 15) is 9.90 Å². The first-order valence-electron chi connectivity index (χ1n) is 9.03. The van der Waals surface area contributed by atoms with E-state index in [1.54, 1.807) is 13.2 Å². The molecule has 1 spiro atoms. The van der Waals surface area contributed by atoms with Crippen molar-refractivity contribution in [3.05, 3.63) is 59.2 Å². The molecule has 0 saturated carbocycles. The first kappa shape index (κ1) is 16.9. The Morgan fingerprint density at radius 3 is 2.81 bits per heavy atom. The van der Waals surface area contributed by atoms with Gasteiger partial charge in [0.2, 0.25) is 5.91 Å².